The molecule has 1 aliphatic carbocycles. The number of aliphatic carboxylic acids is 1. The number of hydrogen-bond donors (Lipinski definition) is 1. The number of nitrogens with zero attached hydrogens (tertiary/aromatic N) is 1. The minimum atomic E-state index is -1.90. The highest BCUT2D eigenvalue weighted by atomic mass is 28.4. The van der Waals surface area contributed by atoms with Crippen molar-refractivity contribution >= 4 is 14.3 Å². The predicted octanol–water partition coefficient (Wildman–Crippen LogP) is 5.90. The number of likely N-dealkylation sites (tertiary alicyclic amines) is 1. The predicted molar refractivity (Wildman–Crippen MR) is 125 cm³/mol. The van der Waals surface area contributed by atoms with Gasteiger partial charge >= 0.3 is 5.97 Å². The van der Waals surface area contributed by atoms with Gasteiger partial charge in [0.05, 0.1) is 5.41 Å². The van der Waals surface area contributed by atoms with Gasteiger partial charge in [0.2, 0.25) is 0 Å². The van der Waals surface area contributed by atoms with Gasteiger partial charge in [-0.2, -0.15) is 0 Å². The first kappa shape index (κ1) is 24.4. The summed E-state index contributed by atoms with van der Waals surface area (Å²) in [4.78, 5) is 14.5. The summed E-state index contributed by atoms with van der Waals surface area (Å²) in [5.74, 6) is -0.468. The fraction of sp³-hybridized carbons (Fsp3) is 0.720. The van der Waals surface area contributed by atoms with Gasteiger partial charge in [0.15, 0.2) is 8.32 Å². The van der Waals surface area contributed by atoms with E-state index in [0.717, 1.165) is 50.8 Å². The molecule has 2 atom stereocenters. The normalized spacial score (nSPS) is 25.0. The lowest BCUT2D eigenvalue weighted by atomic mass is 9.73. The Balaban J connectivity index is 1.79. The second kappa shape index (κ2) is 9.32. The molecule has 2 fully saturated rings. The van der Waals surface area contributed by atoms with Crippen LogP contribution in [0.5, 0.6) is 0 Å². The first-order valence-electron chi connectivity index (χ1n) is 11.8. The molecule has 1 saturated heterocycles. The van der Waals surface area contributed by atoms with Gasteiger partial charge in [0.1, 0.15) is 5.82 Å². The van der Waals surface area contributed by atoms with Crippen LogP contribution in [-0.4, -0.2) is 50.5 Å². The number of carbonyl (C=O) groups is 1. The van der Waals surface area contributed by atoms with Gasteiger partial charge < -0.3 is 14.4 Å². The van der Waals surface area contributed by atoms with Crippen molar-refractivity contribution < 1.29 is 18.7 Å². The van der Waals surface area contributed by atoms with E-state index < -0.39 is 19.7 Å². The van der Waals surface area contributed by atoms with Gasteiger partial charge in [-0.05, 0) is 48.7 Å². The highest BCUT2D eigenvalue weighted by Gasteiger charge is 2.45. The molecule has 1 aromatic carbocycles. The molecule has 1 N–H and O–H groups in total. The Kier molecular flexibility index (Phi) is 7.34. The Hall–Kier alpha value is -1.24. The van der Waals surface area contributed by atoms with Crippen LogP contribution in [0.3, 0.4) is 0 Å². The minimum Gasteiger partial charge on any atom is -0.481 e. The van der Waals surface area contributed by atoms with Crippen LogP contribution in [0.2, 0.25) is 18.1 Å². The first-order chi connectivity index (χ1) is 14.4. The average Bonchev–Trinajstić information content (AvgIpc) is 3.09. The molecule has 3 rings (SSSR count). The van der Waals surface area contributed by atoms with E-state index in [1.165, 1.54) is 6.07 Å². The highest BCUT2D eigenvalue weighted by Crippen LogP contribution is 2.42. The van der Waals surface area contributed by atoms with E-state index in [-0.39, 0.29) is 22.7 Å². The average molecular weight is 450 g/mol. The quantitative estimate of drug-likeness (QED) is 0.527. The molecule has 4 nitrogen and oxygen atoms in total. The van der Waals surface area contributed by atoms with Crippen LogP contribution >= 0.6 is 0 Å². The Morgan fingerprint density at radius 1 is 1.23 bits per heavy atom. The second-order valence-corrected chi connectivity index (χ2v) is 16.1. The van der Waals surface area contributed by atoms with E-state index in [1.807, 2.05) is 6.07 Å². The summed E-state index contributed by atoms with van der Waals surface area (Å²) < 4.78 is 20.6. The van der Waals surface area contributed by atoms with Crippen LogP contribution in [0, 0.1) is 17.2 Å². The highest BCUT2D eigenvalue weighted by molar-refractivity contribution is 6.74. The maximum Gasteiger partial charge on any atom is 0.310 e. The molecule has 174 valence electrons. The lowest BCUT2D eigenvalue weighted by Gasteiger charge is -2.37. The van der Waals surface area contributed by atoms with Gasteiger partial charge in [-0.25, -0.2) is 4.39 Å². The van der Waals surface area contributed by atoms with Gasteiger partial charge in [-0.3, -0.25) is 4.79 Å². The number of carboxylic acids is 1. The third-order valence-electron chi connectivity index (χ3n) is 8.05. The van der Waals surface area contributed by atoms with E-state index in [4.69, 9.17) is 4.43 Å². The zero-order valence-corrected chi connectivity index (χ0v) is 20.9. The number of benzene rings is 1. The van der Waals surface area contributed by atoms with E-state index in [2.05, 4.69) is 38.8 Å². The molecule has 1 aliphatic heterocycles. The standard InChI is InChI=1S/C25H40FNO3Si/c1-24(2,3)31(4,5)30-17-20-15-27(16-22(20)19-10-9-11-21(26)14-19)18-25(23(28)29)12-7-6-8-13-25/h9-11,14,20,22H,6-8,12-13,15-18H2,1-5H3,(H,28,29)/t20?,22-/m1/s1. The lowest BCUT2D eigenvalue weighted by molar-refractivity contribution is -0.152. The monoisotopic (exact) mass is 449 g/mol. The number of hydrogen-bond acceptors (Lipinski definition) is 3. The van der Waals surface area contributed by atoms with E-state index in [9.17, 15) is 14.3 Å². The SMILES string of the molecule is CC(C)(C)[Si](C)(C)OCC1CN(CC2(C(=O)O)CCCCC2)C[C@@H]1c1cccc(F)c1. The molecule has 31 heavy (non-hydrogen) atoms. The lowest BCUT2D eigenvalue weighted by Crippen LogP contribution is -2.44. The molecule has 6 heteroatoms. The van der Waals surface area contributed by atoms with E-state index in [1.54, 1.807) is 12.1 Å². The Labute approximate surface area is 188 Å². The molecular formula is C25H40FNO3Si. The summed E-state index contributed by atoms with van der Waals surface area (Å²) in [6, 6.07) is 6.91. The van der Waals surface area contributed by atoms with Crippen molar-refractivity contribution in [1.82, 2.24) is 4.90 Å². The number of rotatable bonds is 7. The van der Waals surface area contributed by atoms with Gasteiger partial charge in [0, 0.05) is 38.1 Å². The summed E-state index contributed by atoms with van der Waals surface area (Å²) in [6.07, 6.45) is 4.63. The van der Waals surface area contributed by atoms with Crippen molar-refractivity contribution in [2.24, 2.45) is 11.3 Å². The zero-order chi connectivity index (χ0) is 22.9. The Bertz CT molecular complexity index is 770. The fourth-order valence-electron chi connectivity index (χ4n) is 5.00. The number of halogens is 1. The molecule has 0 aromatic heterocycles. The molecule has 1 unspecified atom stereocenters. The summed E-state index contributed by atoms with van der Waals surface area (Å²) in [5.41, 5.74) is 0.360. The summed E-state index contributed by atoms with van der Waals surface area (Å²) in [6.45, 7) is 14.1. The molecule has 2 aliphatic rings. The molecule has 0 radical (unpaired) electrons. The third kappa shape index (κ3) is 5.58. The first-order valence-corrected chi connectivity index (χ1v) is 14.7. The third-order valence-corrected chi connectivity index (χ3v) is 12.5. The van der Waals surface area contributed by atoms with Crippen molar-refractivity contribution in [2.45, 2.75) is 76.9 Å². The van der Waals surface area contributed by atoms with Crippen molar-refractivity contribution in [3.05, 3.63) is 35.6 Å². The largest absolute Gasteiger partial charge is 0.481 e. The summed E-state index contributed by atoms with van der Waals surface area (Å²) in [7, 11) is -1.90. The molecular weight excluding hydrogens is 409 g/mol. The topological polar surface area (TPSA) is 49.8 Å². The smallest absolute Gasteiger partial charge is 0.310 e. The maximum atomic E-state index is 14.0. The molecule has 0 bridgehead atoms. The molecule has 0 amide bonds. The maximum absolute atomic E-state index is 14.0. The summed E-state index contributed by atoms with van der Waals surface area (Å²) in [5, 5.41) is 10.2. The molecule has 1 aromatic rings. The summed E-state index contributed by atoms with van der Waals surface area (Å²) >= 11 is 0. The van der Waals surface area contributed by atoms with Crippen LogP contribution in [0.15, 0.2) is 24.3 Å². The van der Waals surface area contributed by atoms with Crippen LogP contribution in [0.25, 0.3) is 0 Å². The van der Waals surface area contributed by atoms with Crippen LogP contribution in [0.1, 0.15) is 64.4 Å². The number of carboxylic acid groups (broad SMARTS) is 1. The van der Waals surface area contributed by atoms with Crippen LogP contribution < -0.4 is 0 Å². The van der Waals surface area contributed by atoms with Crippen molar-refractivity contribution in [3.8, 4) is 0 Å². The van der Waals surface area contributed by atoms with Crippen molar-refractivity contribution in [1.29, 1.82) is 0 Å². The van der Waals surface area contributed by atoms with Crippen molar-refractivity contribution in [3.63, 3.8) is 0 Å². The molecule has 1 heterocycles. The minimum absolute atomic E-state index is 0.134. The molecule has 1 saturated carbocycles. The van der Waals surface area contributed by atoms with E-state index >= 15 is 0 Å². The van der Waals surface area contributed by atoms with Gasteiger partial charge in [0.25, 0.3) is 0 Å². The fourth-order valence-corrected chi connectivity index (χ4v) is 6.07. The van der Waals surface area contributed by atoms with Crippen LogP contribution in [0.4, 0.5) is 4.39 Å². The van der Waals surface area contributed by atoms with Gasteiger partial charge in [-0.15, -0.1) is 0 Å². The van der Waals surface area contributed by atoms with Crippen LogP contribution in [-0.2, 0) is 9.22 Å². The zero-order valence-electron chi connectivity index (χ0n) is 19.9. The second-order valence-electron chi connectivity index (χ2n) is 11.3. The Morgan fingerprint density at radius 3 is 2.48 bits per heavy atom. The molecule has 0 spiro atoms. The van der Waals surface area contributed by atoms with Crippen molar-refractivity contribution in [2.75, 3.05) is 26.2 Å². The van der Waals surface area contributed by atoms with E-state index in [0.29, 0.717) is 13.2 Å². The Morgan fingerprint density at radius 2 is 1.90 bits per heavy atom. The van der Waals surface area contributed by atoms with Gasteiger partial charge in [-0.1, -0.05) is 52.2 Å².